The molecule has 0 radical (unpaired) electrons. The van der Waals surface area contributed by atoms with Gasteiger partial charge in [0.15, 0.2) is 11.5 Å². The predicted octanol–water partition coefficient (Wildman–Crippen LogP) is 6.05. The van der Waals surface area contributed by atoms with Crippen molar-refractivity contribution in [1.82, 2.24) is 0 Å². The van der Waals surface area contributed by atoms with Crippen LogP contribution in [-0.4, -0.2) is 18.3 Å². The third kappa shape index (κ3) is 8.05. The van der Waals surface area contributed by atoms with E-state index in [1.54, 1.807) is 0 Å². The highest BCUT2D eigenvalue weighted by molar-refractivity contribution is 5.43. The fourth-order valence-corrected chi connectivity index (χ4v) is 2.60. The second-order valence-electron chi connectivity index (χ2n) is 6.48. The summed E-state index contributed by atoms with van der Waals surface area (Å²) in [5, 5.41) is 10.3. The highest BCUT2D eigenvalue weighted by atomic mass is 16.5. The van der Waals surface area contributed by atoms with E-state index in [1.807, 2.05) is 18.2 Å². The maximum Gasteiger partial charge on any atom is 0.161 e. The molecule has 138 valence electrons. The van der Waals surface area contributed by atoms with Crippen LogP contribution in [0.1, 0.15) is 90.2 Å². The quantitative estimate of drug-likeness (QED) is 0.420. The average molecular weight is 337 g/mol. The molecule has 0 aliphatic rings. The number of aliphatic hydroxyl groups is 1. The van der Waals surface area contributed by atoms with Crippen molar-refractivity contribution in [2.75, 3.05) is 13.2 Å². The molecule has 0 amide bonds. The number of aliphatic hydroxyl groups excluding tert-OH is 1. The standard InChI is InChI=1S/C21H36O3/c1-4-7-10-15-23-20-14-13-18(19(22)12-9-6-3)17-21(20)24-16-11-8-5-2/h13-14,17,19,22H,4-12,15-16H2,1-3H3. The number of benzene rings is 1. The van der Waals surface area contributed by atoms with E-state index in [2.05, 4.69) is 20.8 Å². The lowest BCUT2D eigenvalue weighted by Gasteiger charge is -2.16. The van der Waals surface area contributed by atoms with E-state index in [1.165, 1.54) is 25.7 Å². The van der Waals surface area contributed by atoms with Gasteiger partial charge in [-0.2, -0.15) is 0 Å². The Morgan fingerprint density at radius 3 is 1.96 bits per heavy atom. The van der Waals surface area contributed by atoms with Crippen LogP contribution in [0.3, 0.4) is 0 Å². The van der Waals surface area contributed by atoms with Crippen LogP contribution in [0, 0.1) is 0 Å². The fraction of sp³-hybridized carbons (Fsp3) is 0.714. The molecule has 1 rings (SSSR count). The zero-order valence-corrected chi connectivity index (χ0v) is 15.9. The Balaban J connectivity index is 2.72. The second kappa shape index (κ2) is 13.1. The lowest BCUT2D eigenvalue weighted by Crippen LogP contribution is -2.05. The Morgan fingerprint density at radius 1 is 0.792 bits per heavy atom. The maximum absolute atomic E-state index is 10.3. The molecule has 0 saturated carbocycles. The molecule has 3 heteroatoms. The molecule has 0 aromatic heterocycles. The average Bonchev–Trinajstić information content (AvgIpc) is 2.61. The summed E-state index contributed by atoms with van der Waals surface area (Å²) < 4.78 is 11.9. The van der Waals surface area contributed by atoms with Gasteiger partial charge in [0, 0.05) is 0 Å². The van der Waals surface area contributed by atoms with Crippen LogP contribution in [0.25, 0.3) is 0 Å². The lowest BCUT2D eigenvalue weighted by atomic mass is 10.0. The Labute approximate surface area is 148 Å². The first kappa shape index (κ1) is 20.8. The Bertz CT molecular complexity index is 431. The van der Waals surface area contributed by atoms with Gasteiger partial charge in [0.1, 0.15) is 0 Å². The third-order valence-corrected chi connectivity index (χ3v) is 4.19. The van der Waals surface area contributed by atoms with Crippen LogP contribution in [-0.2, 0) is 0 Å². The van der Waals surface area contributed by atoms with E-state index in [9.17, 15) is 5.11 Å². The molecular weight excluding hydrogens is 300 g/mol. The van der Waals surface area contributed by atoms with E-state index < -0.39 is 6.10 Å². The summed E-state index contributed by atoms with van der Waals surface area (Å²) in [7, 11) is 0. The molecule has 1 aromatic rings. The van der Waals surface area contributed by atoms with Crippen molar-refractivity contribution in [3.05, 3.63) is 23.8 Å². The topological polar surface area (TPSA) is 38.7 Å². The molecule has 0 aliphatic carbocycles. The van der Waals surface area contributed by atoms with Gasteiger partial charge in [0.05, 0.1) is 19.3 Å². The summed E-state index contributed by atoms with van der Waals surface area (Å²) in [5.41, 5.74) is 0.926. The summed E-state index contributed by atoms with van der Waals surface area (Å²) in [6.07, 6.45) is 9.33. The molecule has 0 bridgehead atoms. The zero-order valence-electron chi connectivity index (χ0n) is 15.9. The number of unbranched alkanes of at least 4 members (excludes halogenated alkanes) is 5. The van der Waals surface area contributed by atoms with Crippen molar-refractivity contribution in [3.8, 4) is 11.5 Å². The third-order valence-electron chi connectivity index (χ3n) is 4.19. The van der Waals surface area contributed by atoms with Crippen molar-refractivity contribution in [2.45, 2.75) is 84.7 Å². The molecule has 1 aromatic carbocycles. The molecule has 0 heterocycles. The molecule has 0 spiro atoms. The summed E-state index contributed by atoms with van der Waals surface area (Å²) in [4.78, 5) is 0. The predicted molar refractivity (Wildman–Crippen MR) is 101 cm³/mol. The van der Waals surface area contributed by atoms with Crippen LogP contribution in [0.2, 0.25) is 0 Å². The minimum Gasteiger partial charge on any atom is -0.490 e. The van der Waals surface area contributed by atoms with Gasteiger partial charge in [0.25, 0.3) is 0 Å². The molecule has 0 saturated heterocycles. The van der Waals surface area contributed by atoms with E-state index >= 15 is 0 Å². The molecule has 0 aliphatic heterocycles. The van der Waals surface area contributed by atoms with Crippen LogP contribution >= 0.6 is 0 Å². The van der Waals surface area contributed by atoms with Gasteiger partial charge in [-0.15, -0.1) is 0 Å². The highest BCUT2D eigenvalue weighted by Crippen LogP contribution is 2.32. The molecule has 3 nitrogen and oxygen atoms in total. The Hall–Kier alpha value is -1.22. The number of rotatable bonds is 14. The van der Waals surface area contributed by atoms with E-state index in [0.717, 1.165) is 55.8 Å². The maximum atomic E-state index is 10.3. The Morgan fingerprint density at radius 2 is 1.38 bits per heavy atom. The first-order valence-corrected chi connectivity index (χ1v) is 9.80. The van der Waals surface area contributed by atoms with Gasteiger partial charge in [-0.25, -0.2) is 0 Å². The van der Waals surface area contributed by atoms with E-state index in [-0.39, 0.29) is 0 Å². The molecule has 0 fully saturated rings. The van der Waals surface area contributed by atoms with E-state index in [4.69, 9.17) is 9.47 Å². The molecular formula is C21H36O3. The van der Waals surface area contributed by atoms with Crippen LogP contribution in [0.4, 0.5) is 0 Å². The SMILES string of the molecule is CCCCCOc1ccc(C(O)CCCC)cc1OCCCCC. The summed E-state index contributed by atoms with van der Waals surface area (Å²) >= 11 is 0. The first-order valence-electron chi connectivity index (χ1n) is 9.80. The normalized spacial score (nSPS) is 12.2. The Kier molecular flexibility index (Phi) is 11.4. The molecule has 1 N–H and O–H groups in total. The molecule has 1 atom stereocenters. The van der Waals surface area contributed by atoms with Crippen molar-refractivity contribution < 1.29 is 14.6 Å². The van der Waals surface area contributed by atoms with Crippen molar-refractivity contribution in [3.63, 3.8) is 0 Å². The van der Waals surface area contributed by atoms with Crippen LogP contribution < -0.4 is 9.47 Å². The van der Waals surface area contributed by atoms with Gasteiger partial charge >= 0.3 is 0 Å². The minimum absolute atomic E-state index is 0.419. The summed E-state index contributed by atoms with van der Waals surface area (Å²) in [6.45, 7) is 7.94. The number of ether oxygens (including phenoxy) is 2. The van der Waals surface area contributed by atoms with Crippen LogP contribution in [0.15, 0.2) is 18.2 Å². The number of hydrogen-bond donors (Lipinski definition) is 1. The lowest BCUT2D eigenvalue weighted by molar-refractivity contribution is 0.163. The second-order valence-corrected chi connectivity index (χ2v) is 6.48. The summed E-state index contributed by atoms with van der Waals surface area (Å²) in [6, 6.07) is 5.88. The van der Waals surface area contributed by atoms with Gasteiger partial charge in [-0.3, -0.25) is 0 Å². The zero-order chi connectivity index (χ0) is 17.6. The van der Waals surface area contributed by atoms with Gasteiger partial charge in [0.2, 0.25) is 0 Å². The van der Waals surface area contributed by atoms with Crippen molar-refractivity contribution in [1.29, 1.82) is 0 Å². The molecule has 24 heavy (non-hydrogen) atoms. The largest absolute Gasteiger partial charge is 0.490 e. The van der Waals surface area contributed by atoms with E-state index in [0.29, 0.717) is 6.61 Å². The van der Waals surface area contributed by atoms with Crippen molar-refractivity contribution >= 4 is 0 Å². The van der Waals surface area contributed by atoms with Gasteiger partial charge in [-0.1, -0.05) is 65.4 Å². The van der Waals surface area contributed by atoms with Crippen LogP contribution in [0.5, 0.6) is 11.5 Å². The fourth-order valence-electron chi connectivity index (χ4n) is 2.60. The first-order chi connectivity index (χ1) is 11.7. The summed E-state index contributed by atoms with van der Waals surface area (Å²) in [5.74, 6) is 1.57. The molecule has 1 unspecified atom stereocenters. The van der Waals surface area contributed by atoms with Crippen molar-refractivity contribution in [2.24, 2.45) is 0 Å². The van der Waals surface area contributed by atoms with Gasteiger partial charge in [-0.05, 0) is 37.0 Å². The van der Waals surface area contributed by atoms with Gasteiger partial charge < -0.3 is 14.6 Å². The monoisotopic (exact) mass is 336 g/mol. The minimum atomic E-state index is -0.419. The number of hydrogen-bond acceptors (Lipinski definition) is 3. The highest BCUT2D eigenvalue weighted by Gasteiger charge is 2.12. The smallest absolute Gasteiger partial charge is 0.161 e.